The number of carbonyl (C=O) groups is 1. The summed E-state index contributed by atoms with van der Waals surface area (Å²) in [5.74, 6) is -0.170. The van der Waals surface area contributed by atoms with Crippen LogP contribution in [-0.4, -0.2) is 87.5 Å². The van der Waals surface area contributed by atoms with Crippen LogP contribution in [0.1, 0.15) is 328 Å². The number of amides is 1. The molecule has 0 aromatic rings. The second kappa shape index (κ2) is 53.3. The van der Waals surface area contributed by atoms with Gasteiger partial charge in [-0.3, -0.25) is 4.79 Å². The molecule has 0 bridgehead atoms. The van der Waals surface area contributed by atoms with E-state index in [1.165, 1.54) is 270 Å². The number of nitrogens with one attached hydrogen (secondary N) is 1. The van der Waals surface area contributed by atoms with Crippen LogP contribution in [0.2, 0.25) is 0 Å². The van der Waals surface area contributed by atoms with E-state index in [1.807, 2.05) is 6.08 Å². The van der Waals surface area contributed by atoms with Crippen molar-refractivity contribution in [3.05, 3.63) is 12.2 Å². The van der Waals surface area contributed by atoms with E-state index in [4.69, 9.17) is 9.47 Å². The molecule has 1 fully saturated rings. The normalized spacial score (nSPS) is 19.1. The van der Waals surface area contributed by atoms with Crippen LogP contribution < -0.4 is 5.32 Å². The molecule has 6 N–H and O–H groups in total. The molecule has 1 aliphatic heterocycles. The van der Waals surface area contributed by atoms with Crippen molar-refractivity contribution in [1.82, 2.24) is 5.32 Å². The fourth-order valence-electron chi connectivity index (χ4n) is 10.6. The van der Waals surface area contributed by atoms with Gasteiger partial charge in [0, 0.05) is 6.42 Å². The van der Waals surface area contributed by atoms with E-state index >= 15 is 0 Å². The molecule has 1 amide bonds. The largest absolute Gasteiger partial charge is 0.394 e. The van der Waals surface area contributed by atoms with Gasteiger partial charge in [-0.15, -0.1) is 0 Å². The first-order valence-electron chi connectivity index (χ1n) is 31.9. The van der Waals surface area contributed by atoms with Gasteiger partial charge in [0.1, 0.15) is 24.4 Å². The van der Waals surface area contributed by atoms with Gasteiger partial charge in [-0.25, -0.2) is 0 Å². The summed E-state index contributed by atoms with van der Waals surface area (Å²) in [5, 5.41) is 54.5. The van der Waals surface area contributed by atoms with E-state index in [0.717, 1.165) is 38.5 Å². The Morgan fingerprint density at radius 3 is 1.08 bits per heavy atom. The minimum Gasteiger partial charge on any atom is -0.394 e. The third kappa shape index (κ3) is 42.1. The molecule has 428 valence electrons. The van der Waals surface area contributed by atoms with Gasteiger partial charge in [0.25, 0.3) is 0 Å². The quantitative estimate of drug-likeness (QED) is 0.0261. The molecule has 72 heavy (non-hydrogen) atoms. The van der Waals surface area contributed by atoms with Gasteiger partial charge in [0.15, 0.2) is 6.29 Å². The number of hydrogen-bond acceptors (Lipinski definition) is 8. The third-order valence-corrected chi connectivity index (χ3v) is 15.6. The Morgan fingerprint density at radius 2 is 0.764 bits per heavy atom. The molecule has 0 aromatic carbocycles. The summed E-state index contributed by atoms with van der Waals surface area (Å²) in [4.78, 5) is 13.1. The summed E-state index contributed by atoms with van der Waals surface area (Å²) in [6.45, 7) is 3.82. The molecule has 0 spiro atoms. The monoisotopic (exact) mass is 1020 g/mol. The lowest BCUT2D eigenvalue weighted by Gasteiger charge is -2.40. The molecule has 2 unspecified atom stereocenters. The van der Waals surface area contributed by atoms with Crippen molar-refractivity contribution in [1.29, 1.82) is 0 Å². The maximum atomic E-state index is 13.1. The highest BCUT2D eigenvalue weighted by atomic mass is 16.7. The average molecular weight is 1020 g/mol. The first kappa shape index (κ1) is 68.9. The second-order valence-electron chi connectivity index (χ2n) is 22.6. The van der Waals surface area contributed by atoms with Crippen LogP contribution in [0.3, 0.4) is 0 Å². The van der Waals surface area contributed by atoms with Crippen LogP contribution in [0, 0.1) is 0 Å². The van der Waals surface area contributed by atoms with Crippen molar-refractivity contribution >= 4 is 5.91 Å². The predicted molar refractivity (Wildman–Crippen MR) is 304 cm³/mol. The Morgan fingerprint density at radius 1 is 0.458 bits per heavy atom. The molecule has 1 rings (SSSR count). The zero-order valence-electron chi connectivity index (χ0n) is 47.7. The van der Waals surface area contributed by atoms with E-state index in [-0.39, 0.29) is 12.5 Å². The lowest BCUT2D eigenvalue weighted by atomic mass is 9.99. The van der Waals surface area contributed by atoms with E-state index < -0.39 is 49.5 Å². The fourth-order valence-corrected chi connectivity index (χ4v) is 10.6. The Bertz CT molecular complexity index is 1140. The van der Waals surface area contributed by atoms with Gasteiger partial charge >= 0.3 is 0 Å². The highest BCUT2D eigenvalue weighted by molar-refractivity contribution is 5.76. The maximum Gasteiger partial charge on any atom is 0.220 e. The molecule has 0 aromatic heterocycles. The van der Waals surface area contributed by atoms with Gasteiger partial charge in [-0.1, -0.05) is 315 Å². The highest BCUT2D eigenvalue weighted by Gasteiger charge is 2.44. The predicted octanol–water partition coefficient (Wildman–Crippen LogP) is 16.4. The SMILES string of the molecule is CCCCCCCCCCCCCC/C=C/[C@@H](O)[C@H](CO[C@@H]1O[C@H](CO)[C@H](O)C(O)C1O)NC(=O)CCCCCCCCCCCCCCCCCCCCCCCCCCCCCCCCCCCCC. The van der Waals surface area contributed by atoms with Gasteiger partial charge < -0.3 is 40.3 Å². The van der Waals surface area contributed by atoms with Crippen LogP contribution in [-0.2, 0) is 14.3 Å². The lowest BCUT2D eigenvalue weighted by Crippen LogP contribution is -2.60. The highest BCUT2D eigenvalue weighted by Crippen LogP contribution is 2.23. The minimum atomic E-state index is -1.56. The van der Waals surface area contributed by atoms with E-state index in [0.29, 0.717) is 6.42 Å². The van der Waals surface area contributed by atoms with Gasteiger partial charge in [-0.2, -0.15) is 0 Å². The summed E-state index contributed by atoms with van der Waals surface area (Å²) in [6.07, 6.45) is 60.3. The third-order valence-electron chi connectivity index (χ3n) is 15.6. The number of aliphatic hydroxyl groups is 5. The molecule has 1 heterocycles. The summed E-state index contributed by atoms with van der Waals surface area (Å²) >= 11 is 0. The number of aliphatic hydroxyl groups excluding tert-OH is 5. The molecule has 1 aliphatic rings. The summed E-state index contributed by atoms with van der Waals surface area (Å²) in [7, 11) is 0. The van der Waals surface area contributed by atoms with Crippen LogP contribution in [0.25, 0.3) is 0 Å². The number of unbranched alkanes of at least 4 members (excludes halogenated alkanes) is 46. The first-order chi connectivity index (χ1) is 35.3. The molecular formula is C63H123NO8. The molecular weight excluding hydrogens is 899 g/mol. The van der Waals surface area contributed by atoms with E-state index in [1.54, 1.807) is 6.08 Å². The second-order valence-corrected chi connectivity index (χ2v) is 22.6. The summed E-state index contributed by atoms with van der Waals surface area (Å²) < 4.78 is 11.3. The summed E-state index contributed by atoms with van der Waals surface area (Å²) in [5.41, 5.74) is 0. The van der Waals surface area contributed by atoms with Crippen molar-refractivity contribution in [2.75, 3.05) is 13.2 Å². The van der Waals surface area contributed by atoms with Crippen LogP contribution in [0.15, 0.2) is 12.2 Å². The Labute approximate surface area is 446 Å². The van der Waals surface area contributed by atoms with E-state index in [9.17, 15) is 30.3 Å². The Hall–Kier alpha value is -1.07. The Kier molecular flexibility index (Phi) is 51.1. The lowest BCUT2D eigenvalue weighted by molar-refractivity contribution is -0.302. The van der Waals surface area contributed by atoms with Gasteiger partial charge in [-0.05, 0) is 19.3 Å². The fraction of sp³-hybridized carbons (Fsp3) is 0.952. The first-order valence-corrected chi connectivity index (χ1v) is 31.9. The van der Waals surface area contributed by atoms with Crippen molar-refractivity contribution in [2.24, 2.45) is 0 Å². The molecule has 9 heteroatoms. The minimum absolute atomic E-state index is 0.170. The van der Waals surface area contributed by atoms with Gasteiger partial charge in [0.05, 0.1) is 25.4 Å². The zero-order valence-corrected chi connectivity index (χ0v) is 47.7. The van der Waals surface area contributed by atoms with Crippen molar-refractivity contribution in [2.45, 2.75) is 371 Å². The number of carbonyl (C=O) groups excluding carboxylic acids is 1. The van der Waals surface area contributed by atoms with Crippen LogP contribution in [0.5, 0.6) is 0 Å². The molecule has 7 atom stereocenters. The number of rotatable bonds is 56. The topological polar surface area (TPSA) is 149 Å². The molecule has 0 saturated carbocycles. The van der Waals surface area contributed by atoms with Crippen molar-refractivity contribution < 1.29 is 39.8 Å². The summed E-state index contributed by atoms with van der Waals surface area (Å²) in [6, 6.07) is -0.800. The van der Waals surface area contributed by atoms with E-state index in [2.05, 4.69) is 19.2 Å². The molecule has 0 radical (unpaired) electrons. The average Bonchev–Trinajstić information content (AvgIpc) is 3.38. The van der Waals surface area contributed by atoms with Gasteiger partial charge in [0.2, 0.25) is 5.91 Å². The maximum absolute atomic E-state index is 13.1. The number of ether oxygens (including phenoxy) is 2. The van der Waals surface area contributed by atoms with Crippen LogP contribution in [0.4, 0.5) is 0 Å². The number of hydrogen-bond donors (Lipinski definition) is 6. The standard InChI is InChI=1S/C63H123NO8/c1-3-5-7-9-11-13-15-17-19-20-21-22-23-24-25-26-27-28-29-30-31-32-33-34-35-36-37-38-39-41-43-45-47-49-51-53-59(67)64-56(55-71-63-62(70)61(69)60(68)58(54-65)72-63)57(66)52-50-48-46-44-42-40-18-16-14-12-10-8-6-4-2/h50,52,56-58,60-63,65-66,68-70H,3-49,51,53-55H2,1-2H3,(H,64,67)/b52-50+/t56-,57+,58+,60-,61?,62?,63+/m0/s1. The zero-order chi connectivity index (χ0) is 52.2. The smallest absolute Gasteiger partial charge is 0.220 e. The molecule has 9 nitrogen and oxygen atoms in total. The van der Waals surface area contributed by atoms with Crippen molar-refractivity contribution in [3.63, 3.8) is 0 Å². The van der Waals surface area contributed by atoms with Crippen LogP contribution >= 0.6 is 0 Å². The number of allylic oxidation sites excluding steroid dienone is 1. The molecule has 0 aliphatic carbocycles. The Balaban J connectivity index is 2.05. The molecule has 1 saturated heterocycles. The van der Waals surface area contributed by atoms with Crippen molar-refractivity contribution in [3.8, 4) is 0 Å².